The van der Waals surface area contributed by atoms with E-state index in [1.165, 1.54) is 0 Å². The predicted octanol–water partition coefficient (Wildman–Crippen LogP) is 2.81. The molecule has 1 aliphatic heterocycles. The van der Waals surface area contributed by atoms with Crippen LogP contribution in [0.15, 0.2) is 0 Å². The first-order chi connectivity index (χ1) is 9.91. The third-order valence-electron chi connectivity index (χ3n) is 4.36. The Morgan fingerprint density at radius 1 is 1.48 bits per heavy atom. The topological polar surface area (TPSA) is 58.4 Å². The lowest BCUT2D eigenvalue weighted by Gasteiger charge is -2.37. The molecule has 0 saturated carbocycles. The van der Waals surface area contributed by atoms with Crippen LogP contribution >= 0.6 is 11.6 Å². The molecule has 0 aliphatic carbocycles. The number of nitrogens with zero attached hydrogens (tertiary/aromatic N) is 3. The van der Waals surface area contributed by atoms with Crippen molar-refractivity contribution in [1.82, 2.24) is 14.7 Å². The number of halogens is 1. The molecule has 1 atom stereocenters. The highest BCUT2D eigenvalue weighted by Gasteiger charge is 2.38. The maximum absolute atomic E-state index is 11.4. The summed E-state index contributed by atoms with van der Waals surface area (Å²) in [5.41, 5.74) is 1.27. The van der Waals surface area contributed by atoms with E-state index in [1.54, 1.807) is 0 Å². The van der Waals surface area contributed by atoms with Crippen molar-refractivity contribution in [3.63, 3.8) is 0 Å². The van der Waals surface area contributed by atoms with Crippen LogP contribution in [0.4, 0.5) is 0 Å². The van der Waals surface area contributed by atoms with Gasteiger partial charge in [-0.05, 0) is 39.7 Å². The summed E-state index contributed by atoms with van der Waals surface area (Å²) in [4.78, 5) is 13.6. The van der Waals surface area contributed by atoms with E-state index in [9.17, 15) is 9.90 Å². The van der Waals surface area contributed by atoms with Crippen molar-refractivity contribution >= 4 is 17.6 Å². The number of carboxylic acid groups (broad SMARTS) is 1. The van der Waals surface area contributed by atoms with Gasteiger partial charge in [0.2, 0.25) is 0 Å². The third-order valence-corrected chi connectivity index (χ3v) is 4.80. The maximum Gasteiger partial charge on any atom is 0.310 e. The second-order valence-corrected chi connectivity index (χ2v) is 6.43. The van der Waals surface area contributed by atoms with Crippen LogP contribution in [0, 0.1) is 5.41 Å². The molecule has 0 radical (unpaired) electrons. The Morgan fingerprint density at radius 3 is 2.76 bits per heavy atom. The molecule has 1 saturated heterocycles. The van der Waals surface area contributed by atoms with Gasteiger partial charge in [-0.15, -0.1) is 0 Å². The SMILES string of the molecule is CCc1nn(CC)c(CN2CCCC(C)(C(=O)O)C2)c1Cl. The van der Waals surface area contributed by atoms with Crippen molar-refractivity contribution < 1.29 is 9.90 Å². The Bertz CT molecular complexity index is 529. The Morgan fingerprint density at radius 2 is 2.19 bits per heavy atom. The number of aromatic nitrogens is 2. The number of carboxylic acids is 1. The van der Waals surface area contributed by atoms with Crippen molar-refractivity contribution in [2.24, 2.45) is 5.41 Å². The number of hydrogen-bond donors (Lipinski definition) is 1. The van der Waals surface area contributed by atoms with Crippen molar-refractivity contribution in [3.05, 3.63) is 16.4 Å². The van der Waals surface area contributed by atoms with Crippen LogP contribution < -0.4 is 0 Å². The first kappa shape index (κ1) is 16.3. The average molecular weight is 314 g/mol. The number of hydrogen-bond acceptors (Lipinski definition) is 3. The van der Waals surface area contributed by atoms with Gasteiger partial charge < -0.3 is 5.11 Å². The molecule has 6 heteroatoms. The minimum absolute atomic E-state index is 0.564. The van der Waals surface area contributed by atoms with Gasteiger partial charge in [-0.25, -0.2) is 0 Å². The molecule has 2 heterocycles. The van der Waals surface area contributed by atoms with Crippen molar-refractivity contribution in [2.75, 3.05) is 13.1 Å². The Hall–Kier alpha value is -1.07. The first-order valence-electron chi connectivity index (χ1n) is 7.61. The third kappa shape index (κ3) is 3.24. The lowest BCUT2D eigenvalue weighted by Crippen LogP contribution is -2.45. The minimum Gasteiger partial charge on any atom is -0.481 e. The fourth-order valence-electron chi connectivity index (χ4n) is 3.03. The van der Waals surface area contributed by atoms with E-state index in [1.807, 2.05) is 25.5 Å². The standard InChI is InChI=1S/C15H24ClN3O2/c1-4-11-13(16)12(19(5-2)17-11)9-18-8-6-7-15(3,10-18)14(20)21/h4-10H2,1-3H3,(H,20,21). The van der Waals surface area contributed by atoms with Gasteiger partial charge in [0, 0.05) is 19.6 Å². The molecule has 1 aromatic heterocycles. The van der Waals surface area contributed by atoms with Gasteiger partial charge in [0.1, 0.15) is 0 Å². The van der Waals surface area contributed by atoms with E-state index in [-0.39, 0.29) is 0 Å². The molecular weight excluding hydrogens is 290 g/mol. The average Bonchev–Trinajstić information content (AvgIpc) is 2.75. The molecule has 0 aromatic carbocycles. The van der Waals surface area contributed by atoms with Crippen LogP contribution in [0.1, 0.15) is 45.0 Å². The Kier molecular flexibility index (Phi) is 4.94. The van der Waals surface area contributed by atoms with Gasteiger partial charge in [-0.2, -0.15) is 5.10 Å². The predicted molar refractivity (Wildman–Crippen MR) is 82.5 cm³/mol. The van der Waals surface area contributed by atoms with Crippen molar-refractivity contribution in [1.29, 1.82) is 0 Å². The number of rotatable bonds is 5. The summed E-state index contributed by atoms with van der Waals surface area (Å²) >= 11 is 6.43. The van der Waals surface area contributed by atoms with Gasteiger partial charge in [0.05, 0.1) is 21.8 Å². The van der Waals surface area contributed by atoms with E-state index >= 15 is 0 Å². The van der Waals surface area contributed by atoms with Crippen molar-refractivity contribution in [2.45, 2.75) is 53.1 Å². The summed E-state index contributed by atoms with van der Waals surface area (Å²) < 4.78 is 1.94. The second kappa shape index (κ2) is 6.36. The van der Waals surface area contributed by atoms with Gasteiger partial charge in [0.25, 0.3) is 0 Å². The highest BCUT2D eigenvalue weighted by atomic mass is 35.5. The fourth-order valence-corrected chi connectivity index (χ4v) is 3.36. The van der Waals surface area contributed by atoms with Crippen LogP contribution in [-0.2, 0) is 24.3 Å². The number of aliphatic carboxylic acids is 1. The number of carbonyl (C=O) groups is 1. The van der Waals surface area contributed by atoms with Gasteiger partial charge >= 0.3 is 5.97 Å². The second-order valence-electron chi connectivity index (χ2n) is 6.06. The zero-order valence-corrected chi connectivity index (χ0v) is 13.8. The van der Waals surface area contributed by atoms with E-state index in [0.717, 1.165) is 48.8 Å². The smallest absolute Gasteiger partial charge is 0.310 e. The zero-order valence-electron chi connectivity index (χ0n) is 13.0. The molecule has 1 aromatic rings. The van der Waals surface area contributed by atoms with E-state index in [4.69, 9.17) is 11.6 Å². The Balaban J connectivity index is 2.18. The fraction of sp³-hybridized carbons (Fsp3) is 0.733. The first-order valence-corrected chi connectivity index (χ1v) is 7.99. The molecule has 0 bridgehead atoms. The van der Waals surface area contributed by atoms with E-state index in [0.29, 0.717) is 13.1 Å². The molecule has 1 N–H and O–H groups in total. The lowest BCUT2D eigenvalue weighted by molar-refractivity contribution is -0.151. The molecule has 21 heavy (non-hydrogen) atoms. The molecule has 0 spiro atoms. The minimum atomic E-state index is -0.712. The highest BCUT2D eigenvalue weighted by Crippen LogP contribution is 2.32. The summed E-state index contributed by atoms with van der Waals surface area (Å²) in [5.74, 6) is -0.712. The quantitative estimate of drug-likeness (QED) is 0.908. The summed E-state index contributed by atoms with van der Waals surface area (Å²) in [6.45, 7) is 8.84. The summed E-state index contributed by atoms with van der Waals surface area (Å²) in [6, 6.07) is 0. The van der Waals surface area contributed by atoms with Crippen molar-refractivity contribution in [3.8, 4) is 0 Å². The molecule has 118 valence electrons. The summed E-state index contributed by atoms with van der Waals surface area (Å²) in [7, 11) is 0. The molecule has 5 nitrogen and oxygen atoms in total. The Labute approximate surface area is 130 Å². The summed E-state index contributed by atoms with van der Waals surface area (Å²) in [5, 5.41) is 14.7. The number of aryl methyl sites for hydroxylation is 2. The zero-order chi connectivity index (χ0) is 15.6. The number of likely N-dealkylation sites (tertiary alicyclic amines) is 1. The van der Waals surface area contributed by atoms with Gasteiger partial charge in [-0.3, -0.25) is 14.4 Å². The molecule has 1 aliphatic rings. The van der Waals surface area contributed by atoms with Gasteiger partial charge in [0.15, 0.2) is 0 Å². The molecule has 2 rings (SSSR count). The normalized spacial score (nSPS) is 23.4. The molecule has 0 amide bonds. The van der Waals surface area contributed by atoms with Crippen LogP contribution in [0.25, 0.3) is 0 Å². The monoisotopic (exact) mass is 313 g/mol. The molecule has 1 fully saturated rings. The highest BCUT2D eigenvalue weighted by molar-refractivity contribution is 6.31. The van der Waals surface area contributed by atoms with E-state index in [2.05, 4.69) is 10.00 Å². The summed E-state index contributed by atoms with van der Waals surface area (Å²) in [6.07, 6.45) is 2.45. The van der Waals surface area contributed by atoms with Crippen LogP contribution in [-0.4, -0.2) is 38.8 Å². The molecular formula is C15H24ClN3O2. The van der Waals surface area contributed by atoms with Crippen LogP contribution in [0.2, 0.25) is 5.02 Å². The maximum atomic E-state index is 11.4. The van der Waals surface area contributed by atoms with Crippen LogP contribution in [0.3, 0.4) is 0 Å². The van der Waals surface area contributed by atoms with Crippen LogP contribution in [0.5, 0.6) is 0 Å². The lowest BCUT2D eigenvalue weighted by atomic mass is 9.82. The largest absolute Gasteiger partial charge is 0.481 e. The molecule has 1 unspecified atom stereocenters. The number of piperidine rings is 1. The van der Waals surface area contributed by atoms with E-state index < -0.39 is 11.4 Å². The van der Waals surface area contributed by atoms with Gasteiger partial charge in [-0.1, -0.05) is 18.5 Å².